The van der Waals surface area contributed by atoms with Crippen LogP contribution in [0, 0.1) is 0 Å². The van der Waals surface area contributed by atoms with E-state index in [1.807, 2.05) is 30.3 Å². The van der Waals surface area contributed by atoms with Crippen molar-refractivity contribution in [2.75, 3.05) is 24.2 Å². The van der Waals surface area contributed by atoms with Crippen molar-refractivity contribution in [2.24, 2.45) is 0 Å². The summed E-state index contributed by atoms with van der Waals surface area (Å²) in [4.78, 5) is 11.1. The Labute approximate surface area is 111 Å². The Kier molecular flexibility index (Phi) is 4.15. The molecule has 0 amide bonds. The standard InChI is InChI=1S/C15H16N2O2/c16-12-5-6-15(17-7-8-18)14(9-12)13-4-2-1-3-11(13)10-19/h1-6,9-10,17-18H,7-8,16H2. The number of hydrogen-bond acceptors (Lipinski definition) is 4. The van der Waals surface area contributed by atoms with Crippen LogP contribution in [0.2, 0.25) is 0 Å². The number of aliphatic hydroxyl groups excluding tert-OH is 1. The van der Waals surface area contributed by atoms with Gasteiger partial charge in [0.1, 0.15) is 0 Å². The second-order valence-corrected chi connectivity index (χ2v) is 4.16. The third-order valence-electron chi connectivity index (χ3n) is 2.85. The van der Waals surface area contributed by atoms with E-state index in [4.69, 9.17) is 10.8 Å². The monoisotopic (exact) mass is 256 g/mol. The van der Waals surface area contributed by atoms with Crippen LogP contribution in [0.25, 0.3) is 11.1 Å². The lowest BCUT2D eigenvalue weighted by Crippen LogP contribution is -2.07. The predicted molar refractivity (Wildman–Crippen MR) is 77.3 cm³/mol. The second-order valence-electron chi connectivity index (χ2n) is 4.16. The van der Waals surface area contributed by atoms with E-state index in [1.165, 1.54) is 0 Å². The van der Waals surface area contributed by atoms with E-state index in [-0.39, 0.29) is 6.61 Å². The molecule has 4 N–H and O–H groups in total. The molecule has 0 aliphatic heterocycles. The van der Waals surface area contributed by atoms with Gasteiger partial charge in [-0.25, -0.2) is 0 Å². The van der Waals surface area contributed by atoms with Crippen molar-refractivity contribution in [3.63, 3.8) is 0 Å². The highest BCUT2D eigenvalue weighted by atomic mass is 16.3. The maximum atomic E-state index is 11.1. The van der Waals surface area contributed by atoms with Crippen LogP contribution in [0.1, 0.15) is 10.4 Å². The molecule has 0 unspecified atom stereocenters. The topological polar surface area (TPSA) is 75.3 Å². The fourth-order valence-electron chi connectivity index (χ4n) is 1.97. The summed E-state index contributed by atoms with van der Waals surface area (Å²) in [6, 6.07) is 12.8. The quantitative estimate of drug-likeness (QED) is 0.566. The zero-order chi connectivity index (χ0) is 13.7. The highest BCUT2D eigenvalue weighted by Gasteiger charge is 2.09. The third kappa shape index (κ3) is 2.92. The van der Waals surface area contributed by atoms with Crippen LogP contribution in [0.3, 0.4) is 0 Å². The molecule has 0 aliphatic rings. The van der Waals surface area contributed by atoms with Crippen molar-refractivity contribution in [2.45, 2.75) is 0 Å². The second kappa shape index (κ2) is 6.02. The fourth-order valence-corrected chi connectivity index (χ4v) is 1.97. The van der Waals surface area contributed by atoms with Gasteiger partial charge in [-0.1, -0.05) is 24.3 Å². The molecule has 0 bridgehead atoms. The molecule has 0 saturated heterocycles. The molecule has 0 spiro atoms. The Morgan fingerprint density at radius 2 is 1.95 bits per heavy atom. The van der Waals surface area contributed by atoms with Gasteiger partial charge in [0.2, 0.25) is 0 Å². The summed E-state index contributed by atoms with van der Waals surface area (Å²) in [5.74, 6) is 0. The van der Waals surface area contributed by atoms with E-state index < -0.39 is 0 Å². The molecule has 2 aromatic carbocycles. The van der Waals surface area contributed by atoms with E-state index >= 15 is 0 Å². The molecule has 0 atom stereocenters. The highest BCUT2D eigenvalue weighted by molar-refractivity contribution is 5.92. The van der Waals surface area contributed by atoms with Gasteiger partial charge in [-0.2, -0.15) is 0 Å². The SMILES string of the molecule is Nc1ccc(NCCO)c(-c2ccccc2C=O)c1. The maximum Gasteiger partial charge on any atom is 0.150 e. The molecular formula is C15H16N2O2. The summed E-state index contributed by atoms with van der Waals surface area (Å²) in [6.07, 6.45) is 0.828. The molecule has 0 heterocycles. The van der Waals surface area contributed by atoms with Crippen LogP contribution >= 0.6 is 0 Å². The maximum absolute atomic E-state index is 11.1. The Morgan fingerprint density at radius 1 is 1.16 bits per heavy atom. The minimum absolute atomic E-state index is 0.0408. The first-order valence-corrected chi connectivity index (χ1v) is 6.05. The van der Waals surface area contributed by atoms with Gasteiger partial charge in [-0.3, -0.25) is 4.79 Å². The van der Waals surface area contributed by atoms with Gasteiger partial charge in [0.15, 0.2) is 6.29 Å². The lowest BCUT2D eigenvalue weighted by atomic mass is 9.98. The molecule has 0 fully saturated rings. The van der Waals surface area contributed by atoms with E-state index in [0.717, 1.165) is 23.1 Å². The first kappa shape index (κ1) is 13.1. The summed E-state index contributed by atoms with van der Waals surface area (Å²) in [5.41, 5.74) is 9.59. The Hall–Kier alpha value is -2.33. The largest absolute Gasteiger partial charge is 0.399 e. The van der Waals surface area contributed by atoms with E-state index in [9.17, 15) is 4.79 Å². The fraction of sp³-hybridized carbons (Fsp3) is 0.133. The van der Waals surface area contributed by atoms with Gasteiger partial charge in [0.05, 0.1) is 6.61 Å². The number of hydrogen-bond donors (Lipinski definition) is 3. The van der Waals surface area contributed by atoms with Gasteiger partial charge in [-0.05, 0) is 23.8 Å². The summed E-state index contributed by atoms with van der Waals surface area (Å²) < 4.78 is 0. The number of rotatable bonds is 5. The predicted octanol–water partition coefficient (Wildman–Crippen LogP) is 2.15. The van der Waals surface area contributed by atoms with Crippen molar-refractivity contribution in [1.29, 1.82) is 0 Å². The molecule has 2 aromatic rings. The lowest BCUT2D eigenvalue weighted by molar-refractivity contribution is 0.112. The van der Waals surface area contributed by atoms with E-state index in [1.54, 1.807) is 12.1 Å². The molecular weight excluding hydrogens is 240 g/mol. The molecule has 0 aromatic heterocycles. The molecule has 4 nitrogen and oxygen atoms in total. The number of nitrogens with one attached hydrogen (secondary N) is 1. The summed E-state index contributed by atoms with van der Waals surface area (Å²) in [5, 5.41) is 12.0. The average Bonchev–Trinajstić information content (AvgIpc) is 2.46. The number of aldehydes is 1. The number of nitrogen functional groups attached to an aromatic ring is 1. The number of aliphatic hydroxyl groups is 1. The summed E-state index contributed by atoms with van der Waals surface area (Å²) in [6.45, 7) is 0.485. The molecule has 0 saturated carbocycles. The number of carbonyl (C=O) groups excluding carboxylic acids is 1. The highest BCUT2D eigenvalue weighted by Crippen LogP contribution is 2.31. The molecule has 4 heteroatoms. The van der Waals surface area contributed by atoms with Crippen LogP contribution in [0.5, 0.6) is 0 Å². The van der Waals surface area contributed by atoms with E-state index in [0.29, 0.717) is 17.8 Å². The van der Waals surface area contributed by atoms with Crippen molar-refractivity contribution in [3.8, 4) is 11.1 Å². The smallest absolute Gasteiger partial charge is 0.150 e. The number of nitrogens with two attached hydrogens (primary N) is 1. The Bertz CT molecular complexity index is 582. The zero-order valence-electron chi connectivity index (χ0n) is 10.5. The average molecular weight is 256 g/mol. The van der Waals surface area contributed by atoms with Crippen molar-refractivity contribution in [1.82, 2.24) is 0 Å². The van der Waals surface area contributed by atoms with Crippen LogP contribution in [-0.4, -0.2) is 24.5 Å². The number of anilines is 2. The van der Waals surface area contributed by atoms with Crippen molar-refractivity contribution in [3.05, 3.63) is 48.0 Å². The van der Waals surface area contributed by atoms with Crippen LogP contribution in [0.4, 0.5) is 11.4 Å². The van der Waals surface area contributed by atoms with Crippen molar-refractivity contribution < 1.29 is 9.90 Å². The van der Waals surface area contributed by atoms with Gasteiger partial charge < -0.3 is 16.2 Å². The van der Waals surface area contributed by atoms with Gasteiger partial charge >= 0.3 is 0 Å². The number of carbonyl (C=O) groups is 1. The molecule has 0 aliphatic carbocycles. The van der Waals surface area contributed by atoms with Crippen LogP contribution < -0.4 is 11.1 Å². The molecule has 98 valence electrons. The third-order valence-corrected chi connectivity index (χ3v) is 2.85. The zero-order valence-corrected chi connectivity index (χ0v) is 10.5. The van der Waals surface area contributed by atoms with Gasteiger partial charge in [0, 0.05) is 29.0 Å². The summed E-state index contributed by atoms with van der Waals surface area (Å²) >= 11 is 0. The number of benzene rings is 2. The summed E-state index contributed by atoms with van der Waals surface area (Å²) in [7, 11) is 0. The normalized spacial score (nSPS) is 10.2. The molecule has 0 radical (unpaired) electrons. The molecule has 19 heavy (non-hydrogen) atoms. The van der Waals surface area contributed by atoms with Crippen LogP contribution in [-0.2, 0) is 0 Å². The minimum Gasteiger partial charge on any atom is -0.399 e. The first-order valence-electron chi connectivity index (χ1n) is 6.05. The van der Waals surface area contributed by atoms with Gasteiger partial charge in [0.25, 0.3) is 0 Å². The first-order chi connectivity index (χ1) is 9.26. The van der Waals surface area contributed by atoms with Crippen LogP contribution in [0.15, 0.2) is 42.5 Å². The van der Waals surface area contributed by atoms with Crippen molar-refractivity contribution >= 4 is 17.7 Å². The van der Waals surface area contributed by atoms with E-state index in [2.05, 4.69) is 5.32 Å². The van der Waals surface area contributed by atoms with Gasteiger partial charge in [-0.15, -0.1) is 0 Å². The molecule has 2 rings (SSSR count). The Morgan fingerprint density at radius 3 is 2.68 bits per heavy atom. The minimum atomic E-state index is 0.0408. The lowest BCUT2D eigenvalue weighted by Gasteiger charge is -2.13. The Balaban J connectivity index is 2.52.